The van der Waals surface area contributed by atoms with Gasteiger partial charge in [-0.05, 0) is 48.5 Å². The Morgan fingerprint density at radius 2 is 1.69 bits per heavy atom. The molecule has 9 nitrogen and oxygen atoms in total. The SMILES string of the molecule is O=C(Nc1ccccn1)NC1CN(C(=O)c2ccc(N[S+]([O-])c3cccc4cccnc34)cc2)C1. The highest BCUT2D eigenvalue weighted by molar-refractivity contribution is 7.93. The van der Waals surface area contributed by atoms with Gasteiger partial charge in [-0.15, -0.1) is 0 Å². The van der Waals surface area contributed by atoms with E-state index in [4.69, 9.17) is 0 Å². The van der Waals surface area contributed by atoms with Crippen LogP contribution in [0.2, 0.25) is 0 Å². The van der Waals surface area contributed by atoms with Crippen LogP contribution in [-0.4, -0.2) is 50.5 Å². The van der Waals surface area contributed by atoms with Crippen molar-refractivity contribution >= 4 is 45.7 Å². The smallest absolute Gasteiger partial charge is 0.320 e. The third-order valence-corrected chi connectivity index (χ3v) is 6.70. The molecule has 0 bridgehead atoms. The topological polar surface area (TPSA) is 122 Å². The van der Waals surface area contributed by atoms with Gasteiger partial charge in [-0.1, -0.05) is 24.3 Å². The molecule has 2 aromatic heterocycles. The van der Waals surface area contributed by atoms with E-state index in [2.05, 4.69) is 25.3 Å². The molecule has 1 fully saturated rings. The van der Waals surface area contributed by atoms with Crippen molar-refractivity contribution in [2.45, 2.75) is 10.9 Å². The lowest BCUT2D eigenvalue weighted by atomic mass is 10.1. The lowest BCUT2D eigenvalue weighted by Crippen LogP contribution is -2.61. The van der Waals surface area contributed by atoms with Gasteiger partial charge in [0.05, 0.1) is 11.7 Å². The first kappa shape index (κ1) is 22.6. The molecule has 0 radical (unpaired) electrons. The minimum absolute atomic E-state index is 0.125. The predicted molar refractivity (Wildman–Crippen MR) is 134 cm³/mol. The number of fused-ring (bicyclic) bond motifs is 1. The highest BCUT2D eigenvalue weighted by atomic mass is 32.2. The second-order valence-electron chi connectivity index (χ2n) is 8.00. The number of pyridine rings is 2. The number of carbonyl (C=O) groups is 2. The Balaban J connectivity index is 1.14. The summed E-state index contributed by atoms with van der Waals surface area (Å²) in [5, 5.41) is 6.40. The summed E-state index contributed by atoms with van der Waals surface area (Å²) in [6, 6.07) is 20.9. The van der Waals surface area contributed by atoms with E-state index in [1.165, 1.54) is 0 Å². The zero-order valence-electron chi connectivity index (χ0n) is 18.5. The fourth-order valence-corrected chi connectivity index (χ4v) is 4.77. The van der Waals surface area contributed by atoms with Gasteiger partial charge >= 0.3 is 6.03 Å². The molecule has 5 rings (SSSR count). The van der Waals surface area contributed by atoms with E-state index in [1.807, 2.05) is 24.3 Å². The maximum atomic E-state index is 12.9. The van der Waals surface area contributed by atoms with Crippen molar-refractivity contribution in [3.63, 3.8) is 0 Å². The van der Waals surface area contributed by atoms with Crippen molar-refractivity contribution in [2.75, 3.05) is 23.1 Å². The molecule has 0 saturated carbocycles. The second kappa shape index (κ2) is 10.00. The van der Waals surface area contributed by atoms with Gasteiger partial charge in [-0.3, -0.25) is 15.1 Å². The predicted octanol–water partition coefficient (Wildman–Crippen LogP) is 3.41. The number of benzene rings is 2. The summed E-state index contributed by atoms with van der Waals surface area (Å²) in [6.07, 6.45) is 3.27. The fourth-order valence-electron chi connectivity index (χ4n) is 3.76. The number of carbonyl (C=O) groups excluding carboxylic acids is 2. The van der Waals surface area contributed by atoms with Crippen molar-refractivity contribution in [3.05, 3.63) is 90.8 Å². The zero-order chi connectivity index (χ0) is 24.2. The molecule has 35 heavy (non-hydrogen) atoms. The Morgan fingerprint density at radius 1 is 0.914 bits per heavy atom. The number of hydrogen-bond acceptors (Lipinski definition) is 6. The third kappa shape index (κ3) is 5.18. The molecule has 3 N–H and O–H groups in total. The van der Waals surface area contributed by atoms with E-state index in [9.17, 15) is 14.1 Å². The molecule has 3 heterocycles. The first-order valence-corrected chi connectivity index (χ1v) is 12.1. The van der Waals surface area contributed by atoms with Crippen molar-refractivity contribution < 1.29 is 14.1 Å². The molecule has 1 unspecified atom stereocenters. The van der Waals surface area contributed by atoms with Gasteiger partial charge in [0, 0.05) is 36.4 Å². The minimum Gasteiger partial charge on any atom is -0.588 e. The van der Waals surface area contributed by atoms with E-state index in [0.29, 0.717) is 40.6 Å². The third-order valence-electron chi connectivity index (χ3n) is 5.55. The molecule has 10 heteroatoms. The average molecular weight is 487 g/mol. The largest absolute Gasteiger partial charge is 0.588 e. The molecule has 4 aromatic rings. The number of nitrogens with one attached hydrogen (secondary N) is 3. The van der Waals surface area contributed by atoms with Crippen LogP contribution in [0.15, 0.2) is 90.1 Å². The summed E-state index contributed by atoms with van der Waals surface area (Å²) in [5.41, 5.74) is 1.83. The lowest BCUT2D eigenvalue weighted by molar-refractivity contribution is 0.0580. The number of anilines is 2. The van der Waals surface area contributed by atoms with Crippen LogP contribution in [0, 0.1) is 0 Å². The van der Waals surface area contributed by atoms with Crippen LogP contribution in [0.4, 0.5) is 16.3 Å². The van der Waals surface area contributed by atoms with Crippen LogP contribution in [0.5, 0.6) is 0 Å². The van der Waals surface area contributed by atoms with Crippen molar-refractivity contribution in [2.24, 2.45) is 0 Å². The molecular formula is C25H22N6O3S. The summed E-state index contributed by atoms with van der Waals surface area (Å²) in [5.74, 6) is 0.336. The summed E-state index contributed by atoms with van der Waals surface area (Å²) in [7, 11) is 0. The molecule has 1 atom stereocenters. The normalized spacial score (nSPS) is 14.1. The van der Waals surface area contributed by atoms with Gasteiger partial charge in [-0.2, -0.15) is 0 Å². The van der Waals surface area contributed by atoms with Crippen LogP contribution < -0.4 is 15.4 Å². The molecule has 176 valence electrons. The average Bonchev–Trinajstić information content (AvgIpc) is 2.86. The van der Waals surface area contributed by atoms with Crippen molar-refractivity contribution in [3.8, 4) is 0 Å². The molecule has 1 saturated heterocycles. The molecule has 1 aliphatic heterocycles. The van der Waals surface area contributed by atoms with E-state index in [1.54, 1.807) is 65.8 Å². The maximum Gasteiger partial charge on any atom is 0.320 e. The Bertz CT molecular complexity index is 1340. The molecule has 1 aliphatic rings. The summed E-state index contributed by atoms with van der Waals surface area (Å²) >= 11 is -1.51. The lowest BCUT2D eigenvalue weighted by Gasteiger charge is -2.39. The highest BCUT2D eigenvalue weighted by Crippen LogP contribution is 2.24. The van der Waals surface area contributed by atoms with Crippen LogP contribution in [-0.2, 0) is 11.4 Å². The number of nitrogens with zero attached hydrogens (tertiary/aromatic N) is 3. The van der Waals surface area contributed by atoms with Gasteiger partial charge in [0.2, 0.25) is 4.90 Å². The van der Waals surface area contributed by atoms with Crippen molar-refractivity contribution in [1.82, 2.24) is 20.2 Å². The summed E-state index contributed by atoms with van der Waals surface area (Å²) < 4.78 is 15.9. The van der Waals surface area contributed by atoms with E-state index in [-0.39, 0.29) is 18.0 Å². The molecule has 0 aliphatic carbocycles. The Morgan fingerprint density at radius 3 is 2.46 bits per heavy atom. The number of rotatable bonds is 6. The number of amides is 3. The standard InChI is InChI=1S/C25H22N6O3S/c32-24(31-15-20(16-31)28-25(33)29-22-8-1-2-13-26-22)18-9-11-19(12-10-18)30-35(34)21-7-3-5-17-6-4-14-27-23(17)21/h1-14,20,30H,15-16H2,(H2,26,28,29,33). The van der Waals surface area contributed by atoms with Crippen LogP contribution >= 0.6 is 0 Å². The molecule has 2 aromatic carbocycles. The highest BCUT2D eigenvalue weighted by Gasteiger charge is 2.32. The fraction of sp³-hybridized carbons (Fsp3) is 0.120. The van der Waals surface area contributed by atoms with Gasteiger partial charge in [0.1, 0.15) is 22.7 Å². The number of urea groups is 1. The summed E-state index contributed by atoms with van der Waals surface area (Å²) in [4.78, 5) is 35.5. The monoisotopic (exact) mass is 486 g/mol. The second-order valence-corrected chi connectivity index (χ2v) is 9.18. The van der Waals surface area contributed by atoms with E-state index in [0.717, 1.165) is 5.39 Å². The Kier molecular flexibility index (Phi) is 6.47. The zero-order valence-corrected chi connectivity index (χ0v) is 19.4. The first-order valence-electron chi connectivity index (χ1n) is 11.0. The van der Waals surface area contributed by atoms with Crippen LogP contribution in [0.1, 0.15) is 10.4 Å². The van der Waals surface area contributed by atoms with Gasteiger partial charge in [0.15, 0.2) is 0 Å². The Hall–Kier alpha value is -4.15. The first-order chi connectivity index (χ1) is 17.1. The molecule has 3 amide bonds. The van der Waals surface area contributed by atoms with E-state index >= 15 is 0 Å². The van der Waals surface area contributed by atoms with Crippen molar-refractivity contribution in [1.29, 1.82) is 0 Å². The van der Waals surface area contributed by atoms with Gasteiger partial charge in [-0.25, -0.2) is 14.5 Å². The van der Waals surface area contributed by atoms with Gasteiger partial charge in [0.25, 0.3) is 5.91 Å². The number of hydrogen-bond donors (Lipinski definition) is 3. The van der Waals surface area contributed by atoms with Crippen LogP contribution in [0.3, 0.4) is 0 Å². The number of likely N-dealkylation sites (tertiary alicyclic amines) is 1. The number of aromatic nitrogens is 2. The molecule has 0 spiro atoms. The quantitative estimate of drug-likeness (QED) is 0.359. The summed E-state index contributed by atoms with van der Waals surface area (Å²) in [6.45, 7) is 0.846. The Labute approximate surface area is 204 Å². The van der Waals surface area contributed by atoms with Crippen LogP contribution in [0.25, 0.3) is 10.9 Å². The minimum atomic E-state index is -1.51. The maximum absolute atomic E-state index is 12.9. The molecular weight excluding hydrogens is 464 g/mol. The van der Waals surface area contributed by atoms with Gasteiger partial charge < -0.3 is 14.8 Å². The van der Waals surface area contributed by atoms with E-state index < -0.39 is 11.4 Å². The number of para-hydroxylation sites is 1.